The number of carboxylic acid groups (broad SMARTS) is 2. The van der Waals surface area contributed by atoms with E-state index in [-0.39, 0.29) is 5.66 Å². The monoisotopic (exact) mass is 336 g/mol. The molecule has 3 rings (SSSR count). The highest BCUT2D eigenvalue weighted by Crippen LogP contribution is 2.53. The van der Waals surface area contributed by atoms with Crippen LogP contribution < -0.4 is 5.32 Å². The van der Waals surface area contributed by atoms with Crippen molar-refractivity contribution in [3.8, 4) is 0 Å². The lowest BCUT2D eigenvalue weighted by molar-refractivity contribution is -0.134. The molecule has 2 aliphatic heterocycles. The van der Waals surface area contributed by atoms with Crippen LogP contribution in [-0.2, 0) is 9.59 Å². The zero-order valence-corrected chi connectivity index (χ0v) is 14.0. The first-order valence-electron chi connectivity index (χ1n) is 7.95. The Bertz CT molecular complexity index is 596. The maximum atomic E-state index is 10.4. The average molecular weight is 336 g/mol. The van der Waals surface area contributed by atoms with E-state index in [1.807, 2.05) is 0 Å². The van der Waals surface area contributed by atoms with Gasteiger partial charge in [-0.15, -0.1) is 0 Å². The van der Waals surface area contributed by atoms with Crippen LogP contribution in [0.4, 0.5) is 0 Å². The van der Waals surface area contributed by atoms with Gasteiger partial charge in [-0.1, -0.05) is 26.0 Å². The molecule has 2 saturated heterocycles. The maximum absolute atomic E-state index is 10.4. The molecular weight excluding hydrogens is 312 g/mol. The highest BCUT2D eigenvalue weighted by Gasteiger charge is 2.59. The number of hydrogen-bond donors (Lipinski definition) is 4. The summed E-state index contributed by atoms with van der Waals surface area (Å²) < 4.78 is 0. The smallest absolute Gasteiger partial charge is 0.328 e. The van der Waals surface area contributed by atoms with Crippen LogP contribution in [0.25, 0.3) is 0 Å². The van der Waals surface area contributed by atoms with Crippen molar-refractivity contribution in [3.63, 3.8) is 0 Å². The van der Waals surface area contributed by atoms with Crippen molar-refractivity contribution < 1.29 is 25.0 Å². The molecule has 4 N–H and O–H groups in total. The first-order chi connectivity index (χ1) is 11.2. The molecule has 3 aliphatic rings. The molecule has 1 aliphatic carbocycles. The number of hydrogen-bond acceptors (Lipinski definition) is 5. The lowest BCUT2D eigenvalue weighted by atomic mass is 9.73. The number of nitrogens with zero attached hydrogens (tertiary/aromatic N) is 1. The predicted molar refractivity (Wildman–Crippen MR) is 87.0 cm³/mol. The van der Waals surface area contributed by atoms with Gasteiger partial charge in [0.2, 0.25) is 0 Å². The van der Waals surface area contributed by atoms with Gasteiger partial charge in [0.15, 0.2) is 0 Å². The van der Waals surface area contributed by atoms with E-state index < -0.39 is 11.9 Å². The summed E-state index contributed by atoms with van der Waals surface area (Å²) in [4.78, 5) is 19.1. The Morgan fingerprint density at radius 1 is 1.29 bits per heavy atom. The van der Waals surface area contributed by atoms with E-state index >= 15 is 0 Å². The van der Waals surface area contributed by atoms with Crippen LogP contribution in [-0.4, -0.2) is 44.6 Å². The molecule has 0 spiro atoms. The van der Waals surface area contributed by atoms with Crippen molar-refractivity contribution >= 4 is 11.9 Å². The number of nitrogens with one attached hydrogen (secondary N) is 1. The fourth-order valence-electron chi connectivity index (χ4n) is 4.05. The van der Waals surface area contributed by atoms with E-state index in [1.165, 1.54) is 5.06 Å². The molecule has 2 fully saturated rings. The Morgan fingerprint density at radius 2 is 1.88 bits per heavy atom. The van der Waals surface area contributed by atoms with Gasteiger partial charge in [0.05, 0.1) is 0 Å². The van der Waals surface area contributed by atoms with Crippen LogP contribution in [0.2, 0.25) is 0 Å². The lowest BCUT2D eigenvalue weighted by Gasteiger charge is -2.32. The number of fused-ring (bicyclic) bond motifs is 3. The Balaban J connectivity index is 0.000000224. The van der Waals surface area contributed by atoms with Gasteiger partial charge >= 0.3 is 11.9 Å². The summed E-state index contributed by atoms with van der Waals surface area (Å²) in [5, 5.41) is 30.9. The van der Waals surface area contributed by atoms with Crippen LogP contribution in [0, 0.1) is 23.7 Å². The summed E-state index contributed by atoms with van der Waals surface area (Å²) >= 11 is 0. The molecule has 0 bridgehead atoms. The second-order valence-corrected chi connectivity index (χ2v) is 6.71. The average Bonchev–Trinajstić information content (AvgIpc) is 2.93. The molecule has 132 valence electrons. The fourth-order valence-corrected chi connectivity index (χ4v) is 4.05. The normalized spacial score (nSPS) is 36.7. The van der Waals surface area contributed by atoms with Crippen molar-refractivity contribution in [3.05, 3.63) is 36.1 Å². The van der Waals surface area contributed by atoms with Crippen molar-refractivity contribution in [1.82, 2.24) is 10.4 Å². The quantitative estimate of drug-likeness (QED) is 0.568. The van der Waals surface area contributed by atoms with E-state index in [9.17, 15) is 14.8 Å². The lowest BCUT2D eigenvalue weighted by Crippen LogP contribution is -2.50. The van der Waals surface area contributed by atoms with Gasteiger partial charge < -0.3 is 10.2 Å². The van der Waals surface area contributed by atoms with Crippen molar-refractivity contribution in [1.29, 1.82) is 0 Å². The van der Waals surface area contributed by atoms with Crippen LogP contribution in [0.3, 0.4) is 0 Å². The molecule has 7 heteroatoms. The highest BCUT2D eigenvalue weighted by atomic mass is 16.5. The fraction of sp³-hybridized carbons (Fsp3) is 0.529. The number of hydroxylamine groups is 2. The van der Waals surface area contributed by atoms with Gasteiger partial charge in [0.25, 0.3) is 0 Å². The van der Waals surface area contributed by atoms with Gasteiger partial charge in [-0.2, -0.15) is 0 Å². The van der Waals surface area contributed by atoms with Gasteiger partial charge in [-0.25, -0.2) is 14.7 Å². The van der Waals surface area contributed by atoms with Crippen LogP contribution in [0.15, 0.2) is 36.1 Å². The van der Waals surface area contributed by atoms with Gasteiger partial charge in [0.1, 0.15) is 5.66 Å². The standard InChI is InChI=1S/C13H20N2O.C4H4O4/c1-8-5-4-6-10-11(8)12-9(2)7-14-13(12,3)15(10)16;5-3(6)1-2-4(7)8/h4-6,8-9,11-12,14,16H,7H2,1-3H3;1-2H,(H,5,6)(H,7,8). The Hall–Kier alpha value is -2.12. The highest BCUT2D eigenvalue weighted by molar-refractivity contribution is 5.89. The summed E-state index contributed by atoms with van der Waals surface area (Å²) in [6.07, 6.45) is 7.49. The molecule has 0 saturated carbocycles. The van der Waals surface area contributed by atoms with E-state index in [4.69, 9.17) is 10.2 Å². The molecule has 0 aromatic heterocycles. The summed E-state index contributed by atoms with van der Waals surface area (Å²) in [5.41, 5.74) is 0.817. The third kappa shape index (κ3) is 3.22. The molecular formula is C17H24N2O5. The summed E-state index contributed by atoms with van der Waals surface area (Å²) in [7, 11) is 0. The van der Waals surface area contributed by atoms with Crippen LogP contribution in [0.5, 0.6) is 0 Å². The van der Waals surface area contributed by atoms with E-state index in [1.54, 1.807) is 0 Å². The van der Waals surface area contributed by atoms with Crippen molar-refractivity contribution in [2.75, 3.05) is 6.54 Å². The van der Waals surface area contributed by atoms with Crippen molar-refractivity contribution in [2.45, 2.75) is 26.4 Å². The molecule has 24 heavy (non-hydrogen) atoms. The zero-order valence-electron chi connectivity index (χ0n) is 14.0. The number of allylic oxidation sites excluding steroid dienone is 4. The van der Waals surface area contributed by atoms with E-state index in [0.29, 0.717) is 35.8 Å². The van der Waals surface area contributed by atoms with Crippen molar-refractivity contribution in [2.24, 2.45) is 23.7 Å². The third-order valence-electron chi connectivity index (χ3n) is 5.07. The zero-order chi connectivity index (χ0) is 18.1. The number of carbonyl (C=O) groups is 2. The first kappa shape index (κ1) is 18.2. The predicted octanol–water partition coefficient (Wildman–Crippen LogP) is 1.68. The van der Waals surface area contributed by atoms with Crippen LogP contribution >= 0.6 is 0 Å². The topological polar surface area (TPSA) is 110 Å². The summed E-state index contributed by atoms with van der Waals surface area (Å²) in [5.74, 6) is -0.415. The largest absolute Gasteiger partial charge is 0.478 e. The molecule has 5 unspecified atom stereocenters. The molecule has 0 aromatic rings. The third-order valence-corrected chi connectivity index (χ3v) is 5.07. The summed E-state index contributed by atoms with van der Waals surface area (Å²) in [6, 6.07) is 0. The van der Waals surface area contributed by atoms with Crippen LogP contribution in [0.1, 0.15) is 20.8 Å². The summed E-state index contributed by atoms with van der Waals surface area (Å²) in [6.45, 7) is 7.65. The molecule has 2 heterocycles. The number of rotatable bonds is 2. The Labute approximate surface area is 140 Å². The Kier molecular flexibility index (Phi) is 5.15. The van der Waals surface area contributed by atoms with Gasteiger partial charge in [-0.05, 0) is 24.8 Å². The molecule has 0 aromatic carbocycles. The van der Waals surface area contributed by atoms with E-state index in [2.05, 4.69) is 44.3 Å². The molecule has 5 atom stereocenters. The van der Waals surface area contributed by atoms with Gasteiger partial charge in [-0.3, -0.25) is 10.5 Å². The number of carboxylic acids is 2. The molecule has 0 amide bonds. The minimum Gasteiger partial charge on any atom is -0.478 e. The Morgan fingerprint density at radius 3 is 2.42 bits per heavy atom. The number of aliphatic carboxylic acids is 2. The van der Waals surface area contributed by atoms with Gasteiger partial charge in [0, 0.05) is 36.2 Å². The molecule has 7 nitrogen and oxygen atoms in total. The minimum absolute atomic E-state index is 0.268. The maximum Gasteiger partial charge on any atom is 0.328 e. The minimum atomic E-state index is -1.26. The molecule has 0 radical (unpaired) electrons. The second kappa shape index (κ2) is 6.78. The van der Waals surface area contributed by atoms with E-state index in [0.717, 1.165) is 12.2 Å². The second-order valence-electron chi connectivity index (χ2n) is 6.71. The first-order valence-corrected chi connectivity index (χ1v) is 7.95. The SMILES string of the molecule is CC1C=CC=C2C1C1C(C)CNC1(C)N2O.O=C(O)C=CC(=O)O.